The van der Waals surface area contributed by atoms with Crippen molar-refractivity contribution in [1.82, 2.24) is 15.0 Å². The Kier molecular flexibility index (Phi) is 3.47. The molecular weight excluding hydrogens is 342 g/mol. The van der Waals surface area contributed by atoms with E-state index in [4.69, 9.17) is 11.5 Å². The van der Waals surface area contributed by atoms with E-state index in [1.54, 1.807) is 29.9 Å². The first-order valence-electron chi connectivity index (χ1n) is 6.98. The lowest BCUT2D eigenvalue weighted by molar-refractivity contribution is 0.100. The van der Waals surface area contributed by atoms with Gasteiger partial charge in [0.15, 0.2) is 0 Å². The van der Waals surface area contributed by atoms with Gasteiger partial charge in [-0.3, -0.25) is 14.8 Å². The van der Waals surface area contributed by atoms with Gasteiger partial charge in [-0.1, -0.05) is 6.07 Å². The highest BCUT2D eigenvalue weighted by molar-refractivity contribution is 7.21. The molecule has 4 N–H and O–H groups in total. The van der Waals surface area contributed by atoms with Gasteiger partial charge in [0.2, 0.25) is 0 Å². The van der Waals surface area contributed by atoms with Gasteiger partial charge < -0.3 is 11.5 Å². The summed E-state index contributed by atoms with van der Waals surface area (Å²) in [5.41, 5.74) is 14.2. The molecule has 4 heterocycles. The Bertz CT molecular complexity index is 1040. The number of aromatic nitrogens is 3. The predicted molar refractivity (Wildman–Crippen MR) is 96.9 cm³/mol. The molecule has 8 heteroatoms. The van der Waals surface area contributed by atoms with Crippen molar-refractivity contribution in [3.63, 3.8) is 0 Å². The molecule has 0 fully saturated rings. The fourth-order valence-corrected chi connectivity index (χ4v) is 4.21. The van der Waals surface area contributed by atoms with Crippen molar-refractivity contribution < 1.29 is 4.79 Å². The van der Waals surface area contributed by atoms with E-state index in [2.05, 4.69) is 15.0 Å². The van der Waals surface area contributed by atoms with Crippen LogP contribution in [0.5, 0.6) is 0 Å². The molecule has 0 aliphatic heterocycles. The van der Waals surface area contributed by atoms with E-state index in [-0.39, 0.29) is 0 Å². The van der Waals surface area contributed by atoms with Gasteiger partial charge in [-0.15, -0.1) is 22.7 Å². The maximum absolute atomic E-state index is 11.6. The summed E-state index contributed by atoms with van der Waals surface area (Å²) in [6.45, 7) is 0. The van der Waals surface area contributed by atoms with Crippen LogP contribution in [0, 0.1) is 0 Å². The van der Waals surface area contributed by atoms with E-state index < -0.39 is 5.91 Å². The van der Waals surface area contributed by atoms with E-state index in [1.165, 1.54) is 11.3 Å². The third kappa shape index (κ3) is 2.32. The van der Waals surface area contributed by atoms with E-state index in [9.17, 15) is 4.79 Å². The van der Waals surface area contributed by atoms with Crippen molar-refractivity contribution in [2.75, 3.05) is 5.73 Å². The average molecular weight is 353 g/mol. The first-order chi connectivity index (χ1) is 11.6. The molecule has 6 nitrogen and oxygen atoms in total. The van der Waals surface area contributed by atoms with Gasteiger partial charge in [0.25, 0.3) is 5.91 Å². The van der Waals surface area contributed by atoms with Crippen molar-refractivity contribution in [2.24, 2.45) is 5.73 Å². The second kappa shape index (κ2) is 5.66. The fourth-order valence-electron chi connectivity index (χ4n) is 2.49. The summed E-state index contributed by atoms with van der Waals surface area (Å²) in [5.74, 6) is -0.548. The number of anilines is 1. The molecule has 0 saturated heterocycles. The molecule has 4 aromatic rings. The lowest BCUT2D eigenvalue weighted by atomic mass is 10.1. The Labute approximate surface area is 144 Å². The van der Waals surface area contributed by atoms with Crippen LogP contribution in [0.3, 0.4) is 0 Å². The summed E-state index contributed by atoms with van der Waals surface area (Å²) >= 11 is 2.79. The van der Waals surface area contributed by atoms with Gasteiger partial charge in [-0.2, -0.15) is 0 Å². The smallest absolute Gasteiger partial charge is 0.260 e. The van der Waals surface area contributed by atoms with Crippen molar-refractivity contribution in [3.8, 4) is 21.8 Å². The van der Waals surface area contributed by atoms with E-state index in [0.717, 1.165) is 15.8 Å². The Morgan fingerprint density at radius 3 is 2.75 bits per heavy atom. The number of nitrogens with two attached hydrogens (primary N) is 2. The first-order valence-corrected chi connectivity index (χ1v) is 8.68. The minimum absolute atomic E-state index is 0.326. The summed E-state index contributed by atoms with van der Waals surface area (Å²) in [5, 5.41) is 2.74. The number of primary amides is 1. The SMILES string of the molecule is NC(=O)c1sc2nc(-c3cnccn3)cc(-c3cccs3)c2c1N. The van der Waals surface area contributed by atoms with E-state index >= 15 is 0 Å². The molecule has 0 aromatic carbocycles. The van der Waals surface area contributed by atoms with E-state index in [0.29, 0.717) is 26.8 Å². The van der Waals surface area contributed by atoms with Crippen LogP contribution in [0.4, 0.5) is 5.69 Å². The molecule has 0 aliphatic rings. The van der Waals surface area contributed by atoms with Crippen LogP contribution >= 0.6 is 22.7 Å². The number of pyridine rings is 1. The van der Waals surface area contributed by atoms with Gasteiger partial charge in [0.05, 0.1) is 17.6 Å². The predicted octanol–water partition coefficient (Wildman–Crippen LogP) is 3.16. The third-order valence-corrected chi connectivity index (χ3v) is 5.55. The molecule has 0 saturated carbocycles. The zero-order valence-electron chi connectivity index (χ0n) is 12.3. The Morgan fingerprint density at radius 1 is 1.21 bits per heavy atom. The lowest BCUT2D eigenvalue weighted by Gasteiger charge is -2.06. The van der Waals surface area contributed by atoms with Gasteiger partial charge in [0.1, 0.15) is 15.4 Å². The number of thiophene rings is 2. The van der Waals surface area contributed by atoms with Crippen molar-refractivity contribution >= 4 is 44.5 Å². The number of nitrogens with zero attached hydrogens (tertiary/aromatic N) is 3. The quantitative estimate of drug-likeness (QED) is 0.588. The number of nitrogen functional groups attached to an aromatic ring is 1. The zero-order chi connectivity index (χ0) is 16.7. The molecule has 0 unspecified atom stereocenters. The number of amides is 1. The number of carbonyl (C=O) groups is 1. The Hall–Kier alpha value is -2.84. The van der Waals surface area contributed by atoms with Crippen LogP contribution in [0.1, 0.15) is 9.67 Å². The van der Waals surface area contributed by atoms with Crippen molar-refractivity contribution in [2.45, 2.75) is 0 Å². The molecule has 4 rings (SSSR count). The number of fused-ring (bicyclic) bond motifs is 1. The van der Waals surface area contributed by atoms with Crippen LogP contribution in [0.25, 0.3) is 32.0 Å². The molecule has 0 aliphatic carbocycles. The molecular formula is C16H11N5OS2. The summed E-state index contributed by atoms with van der Waals surface area (Å²) in [7, 11) is 0. The summed E-state index contributed by atoms with van der Waals surface area (Å²) in [6.07, 6.45) is 4.87. The lowest BCUT2D eigenvalue weighted by Crippen LogP contribution is -2.10. The van der Waals surface area contributed by atoms with Crippen molar-refractivity contribution in [3.05, 3.63) is 47.0 Å². The highest BCUT2D eigenvalue weighted by atomic mass is 32.1. The minimum Gasteiger partial charge on any atom is -0.397 e. The molecule has 1 amide bonds. The van der Waals surface area contributed by atoms with Gasteiger partial charge in [0, 0.05) is 28.2 Å². The molecule has 24 heavy (non-hydrogen) atoms. The fraction of sp³-hybridized carbons (Fsp3) is 0. The van der Waals surface area contributed by atoms with Crippen LogP contribution in [0.15, 0.2) is 42.2 Å². The van der Waals surface area contributed by atoms with Crippen LogP contribution < -0.4 is 11.5 Å². The van der Waals surface area contributed by atoms with Crippen LogP contribution in [-0.2, 0) is 0 Å². The standard InChI is InChI=1S/C16H11N5OS2/c17-13-12-8(11-2-1-5-23-11)6-9(10-7-19-3-4-20-10)21-16(12)24-14(13)15(18)22/h1-7H,17H2,(H2,18,22). The Balaban J connectivity index is 2.07. The van der Waals surface area contributed by atoms with Crippen LogP contribution in [0.2, 0.25) is 0 Å². The number of hydrogen-bond donors (Lipinski definition) is 2. The van der Waals surface area contributed by atoms with Crippen molar-refractivity contribution in [1.29, 1.82) is 0 Å². The number of rotatable bonds is 3. The third-order valence-electron chi connectivity index (χ3n) is 3.53. The molecule has 4 aromatic heterocycles. The molecule has 0 radical (unpaired) electrons. The normalized spacial score (nSPS) is 11.0. The second-order valence-corrected chi connectivity index (χ2v) is 6.96. The summed E-state index contributed by atoms with van der Waals surface area (Å²) in [6, 6.07) is 5.89. The largest absolute Gasteiger partial charge is 0.397 e. The highest BCUT2D eigenvalue weighted by Gasteiger charge is 2.20. The van der Waals surface area contributed by atoms with Gasteiger partial charge in [-0.05, 0) is 17.5 Å². The maximum Gasteiger partial charge on any atom is 0.260 e. The summed E-state index contributed by atoms with van der Waals surface area (Å²) in [4.78, 5) is 26.7. The maximum atomic E-state index is 11.6. The Morgan fingerprint density at radius 2 is 2.08 bits per heavy atom. The molecule has 118 valence electrons. The van der Waals surface area contributed by atoms with Crippen LogP contribution in [-0.4, -0.2) is 20.9 Å². The van der Waals surface area contributed by atoms with E-state index in [1.807, 2.05) is 23.6 Å². The van der Waals surface area contributed by atoms with Gasteiger partial charge >= 0.3 is 0 Å². The average Bonchev–Trinajstić information content (AvgIpc) is 3.23. The monoisotopic (exact) mass is 353 g/mol. The number of carbonyl (C=O) groups excluding carboxylic acids is 1. The second-order valence-electron chi connectivity index (χ2n) is 5.01. The molecule has 0 bridgehead atoms. The molecule has 0 atom stereocenters. The minimum atomic E-state index is -0.548. The highest BCUT2D eigenvalue weighted by Crippen LogP contribution is 2.41. The number of hydrogen-bond acceptors (Lipinski definition) is 7. The topological polar surface area (TPSA) is 108 Å². The molecule has 0 spiro atoms. The summed E-state index contributed by atoms with van der Waals surface area (Å²) < 4.78 is 0. The van der Waals surface area contributed by atoms with Gasteiger partial charge in [-0.25, -0.2) is 4.98 Å². The first kappa shape index (κ1) is 14.7. The zero-order valence-corrected chi connectivity index (χ0v) is 13.9.